The molecular formula is C13H16ClNO4S2. The first-order valence-corrected chi connectivity index (χ1v) is 9.96. The van der Waals surface area contributed by atoms with E-state index in [1.54, 1.807) is 6.92 Å². The number of halogens is 1. The first-order valence-electron chi connectivity index (χ1n) is 6.84. The normalized spacial score (nSPS) is 26.0. The third kappa shape index (κ3) is 3.26. The molecule has 5 nitrogen and oxygen atoms in total. The minimum absolute atomic E-state index is 0.0146. The predicted molar refractivity (Wildman–Crippen MR) is 80.4 cm³/mol. The van der Waals surface area contributed by atoms with E-state index in [9.17, 15) is 13.2 Å². The van der Waals surface area contributed by atoms with Gasteiger partial charge in [-0.25, -0.2) is 8.42 Å². The van der Waals surface area contributed by atoms with Crippen LogP contribution in [-0.2, 0) is 13.8 Å². The lowest BCUT2D eigenvalue weighted by atomic mass is 10.1. The predicted octanol–water partition coefficient (Wildman–Crippen LogP) is 2.28. The molecule has 0 bridgehead atoms. The fraction of sp³-hybridized carbons (Fsp3) is 0.615. The third-order valence-electron chi connectivity index (χ3n) is 3.90. The van der Waals surface area contributed by atoms with E-state index in [1.165, 1.54) is 6.07 Å². The Morgan fingerprint density at radius 1 is 1.43 bits per heavy atom. The Hall–Kier alpha value is -0.630. The van der Waals surface area contributed by atoms with Crippen LogP contribution in [0.15, 0.2) is 11.0 Å². The van der Waals surface area contributed by atoms with Gasteiger partial charge in [-0.2, -0.15) is 0 Å². The highest BCUT2D eigenvalue weighted by molar-refractivity contribution is 8.13. The van der Waals surface area contributed by atoms with E-state index in [0.717, 1.165) is 30.6 Å². The SMILES string of the molecule is Cc1sc(C(=O)NC2CCOC2C2CC2)cc1S(=O)(=O)Cl. The van der Waals surface area contributed by atoms with Crippen LogP contribution in [0.5, 0.6) is 0 Å². The van der Waals surface area contributed by atoms with Crippen molar-refractivity contribution in [3.8, 4) is 0 Å². The van der Waals surface area contributed by atoms with Gasteiger partial charge in [-0.15, -0.1) is 11.3 Å². The Morgan fingerprint density at radius 3 is 2.71 bits per heavy atom. The van der Waals surface area contributed by atoms with Crippen LogP contribution < -0.4 is 5.32 Å². The number of hydrogen-bond donors (Lipinski definition) is 1. The summed E-state index contributed by atoms with van der Waals surface area (Å²) in [5.41, 5.74) is 0. The maximum absolute atomic E-state index is 12.3. The molecule has 1 aromatic rings. The number of thiophene rings is 1. The summed E-state index contributed by atoms with van der Waals surface area (Å²) >= 11 is 1.14. The largest absolute Gasteiger partial charge is 0.376 e. The third-order valence-corrected chi connectivity index (χ3v) is 6.52. The molecular weight excluding hydrogens is 334 g/mol. The summed E-state index contributed by atoms with van der Waals surface area (Å²) in [6.45, 7) is 2.30. The zero-order valence-electron chi connectivity index (χ0n) is 11.5. The zero-order chi connectivity index (χ0) is 15.2. The van der Waals surface area contributed by atoms with E-state index in [4.69, 9.17) is 15.4 Å². The van der Waals surface area contributed by atoms with Gasteiger partial charge in [0.05, 0.1) is 21.9 Å². The van der Waals surface area contributed by atoms with Gasteiger partial charge in [0.2, 0.25) is 0 Å². The van der Waals surface area contributed by atoms with Crippen LogP contribution in [0.4, 0.5) is 0 Å². The molecule has 1 saturated carbocycles. The standard InChI is InChI=1S/C13H16ClNO4S2/c1-7-11(21(14,17)18)6-10(20-7)13(16)15-9-4-5-19-12(9)8-2-3-8/h6,8-9,12H,2-5H2,1H3,(H,15,16). The average molecular weight is 350 g/mol. The zero-order valence-corrected chi connectivity index (χ0v) is 13.9. The number of carbonyl (C=O) groups excluding carboxylic acids is 1. The van der Waals surface area contributed by atoms with Crippen molar-refractivity contribution in [2.24, 2.45) is 5.92 Å². The molecule has 3 rings (SSSR count). The highest BCUT2D eigenvalue weighted by Crippen LogP contribution is 2.39. The molecule has 1 amide bonds. The lowest BCUT2D eigenvalue weighted by Gasteiger charge is -2.18. The highest BCUT2D eigenvalue weighted by Gasteiger charge is 2.41. The summed E-state index contributed by atoms with van der Waals surface area (Å²) in [6.07, 6.45) is 3.22. The van der Waals surface area contributed by atoms with Crippen molar-refractivity contribution < 1.29 is 17.9 Å². The Labute approximate surface area is 132 Å². The highest BCUT2D eigenvalue weighted by atomic mass is 35.7. The van der Waals surface area contributed by atoms with Crippen LogP contribution in [0.3, 0.4) is 0 Å². The Balaban J connectivity index is 1.73. The van der Waals surface area contributed by atoms with Crippen molar-refractivity contribution >= 4 is 37.0 Å². The Morgan fingerprint density at radius 2 is 2.14 bits per heavy atom. The molecule has 0 spiro atoms. The average Bonchev–Trinajstić information content (AvgIpc) is 2.99. The van der Waals surface area contributed by atoms with Crippen LogP contribution in [-0.4, -0.2) is 33.1 Å². The van der Waals surface area contributed by atoms with Crippen LogP contribution in [0.25, 0.3) is 0 Å². The maximum Gasteiger partial charge on any atom is 0.262 e. The molecule has 0 aromatic carbocycles. The summed E-state index contributed by atoms with van der Waals surface area (Å²) in [5.74, 6) is 0.303. The monoisotopic (exact) mass is 349 g/mol. The number of hydrogen-bond acceptors (Lipinski definition) is 5. The summed E-state index contributed by atoms with van der Waals surface area (Å²) in [7, 11) is 1.54. The van der Waals surface area contributed by atoms with Gasteiger partial charge < -0.3 is 10.1 Å². The van der Waals surface area contributed by atoms with Crippen molar-refractivity contribution in [1.82, 2.24) is 5.32 Å². The molecule has 2 atom stereocenters. The number of carbonyl (C=O) groups is 1. The Kier molecular flexibility index (Phi) is 4.02. The first-order chi connectivity index (χ1) is 9.86. The minimum atomic E-state index is -3.81. The van der Waals surface area contributed by atoms with Gasteiger partial charge >= 0.3 is 0 Å². The topological polar surface area (TPSA) is 72.5 Å². The van der Waals surface area contributed by atoms with Crippen LogP contribution in [0.1, 0.15) is 33.8 Å². The lowest BCUT2D eigenvalue weighted by Crippen LogP contribution is -2.41. The summed E-state index contributed by atoms with van der Waals surface area (Å²) in [4.78, 5) is 13.2. The van der Waals surface area contributed by atoms with Gasteiger partial charge in [0.1, 0.15) is 0 Å². The molecule has 2 aliphatic rings. The van der Waals surface area contributed by atoms with E-state index in [1.807, 2.05) is 0 Å². The summed E-state index contributed by atoms with van der Waals surface area (Å²) < 4.78 is 28.5. The molecule has 2 heterocycles. The van der Waals surface area contributed by atoms with Gasteiger partial charge in [0, 0.05) is 22.2 Å². The quantitative estimate of drug-likeness (QED) is 0.846. The Bertz CT molecular complexity index is 666. The van der Waals surface area contributed by atoms with E-state index < -0.39 is 9.05 Å². The smallest absolute Gasteiger partial charge is 0.262 e. The second-order valence-electron chi connectivity index (χ2n) is 5.51. The molecule has 1 aliphatic heterocycles. The summed E-state index contributed by atoms with van der Waals surface area (Å²) in [5, 5.41) is 2.97. The first kappa shape index (κ1) is 15.3. The maximum atomic E-state index is 12.3. The molecule has 1 aliphatic carbocycles. The molecule has 8 heteroatoms. The van der Waals surface area contributed by atoms with Crippen molar-refractivity contribution in [3.05, 3.63) is 15.8 Å². The second kappa shape index (κ2) is 5.53. The van der Waals surface area contributed by atoms with E-state index in [-0.39, 0.29) is 22.9 Å². The molecule has 21 heavy (non-hydrogen) atoms. The van der Waals surface area contributed by atoms with E-state index in [0.29, 0.717) is 22.3 Å². The van der Waals surface area contributed by atoms with Crippen molar-refractivity contribution in [3.63, 3.8) is 0 Å². The van der Waals surface area contributed by atoms with Gasteiger partial charge in [0.25, 0.3) is 15.0 Å². The van der Waals surface area contributed by atoms with Gasteiger partial charge in [-0.1, -0.05) is 0 Å². The molecule has 1 N–H and O–H groups in total. The summed E-state index contributed by atoms with van der Waals surface area (Å²) in [6, 6.07) is 1.36. The van der Waals surface area contributed by atoms with E-state index in [2.05, 4.69) is 5.32 Å². The molecule has 2 fully saturated rings. The van der Waals surface area contributed by atoms with Crippen molar-refractivity contribution in [2.75, 3.05) is 6.61 Å². The molecule has 116 valence electrons. The fourth-order valence-electron chi connectivity index (χ4n) is 2.71. The number of ether oxygens (including phenoxy) is 1. The number of rotatable bonds is 4. The lowest BCUT2D eigenvalue weighted by molar-refractivity contribution is 0.0731. The molecule has 1 aromatic heterocycles. The van der Waals surface area contributed by atoms with Crippen LogP contribution in [0, 0.1) is 12.8 Å². The second-order valence-corrected chi connectivity index (χ2v) is 9.30. The van der Waals surface area contributed by atoms with Crippen LogP contribution in [0.2, 0.25) is 0 Å². The number of amides is 1. The van der Waals surface area contributed by atoms with E-state index >= 15 is 0 Å². The van der Waals surface area contributed by atoms with Crippen molar-refractivity contribution in [2.45, 2.75) is 43.2 Å². The minimum Gasteiger partial charge on any atom is -0.376 e. The van der Waals surface area contributed by atoms with Gasteiger partial charge in [0.15, 0.2) is 0 Å². The molecule has 1 saturated heterocycles. The number of aryl methyl sites for hydroxylation is 1. The number of nitrogens with one attached hydrogen (secondary N) is 1. The molecule has 2 unspecified atom stereocenters. The van der Waals surface area contributed by atoms with Gasteiger partial charge in [-0.3, -0.25) is 4.79 Å². The fourth-order valence-corrected chi connectivity index (χ4v) is 5.28. The molecule has 0 radical (unpaired) electrons. The van der Waals surface area contributed by atoms with Gasteiger partial charge in [-0.05, 0) is 38.2 Å². The van der Waals surface area contributed by atoms with Crippen molar-refractivity contribution in [1.29, 1.82) is 0 Å². The van der Waals surface area contributed by atoms with Crippen LogP contribution >= 0.6 is 22.0 Å².